The van der Waals surface area contributed by atoms with Gasteiger partial charge >= 0.3 is 0 Å². The van der Waals surface area contributed by atoms with Crippen LogP contribution in [0.2, 0.25) is 0 Å². The Hall–Kier alpha value is -2.01. The first-order chi connectivity index (χ1) is 8.78. The Bertz CT molecular complexity index is 523. The molecule has 0 fully saturated rings. The zero-order valence-electron chi connectivity index (χ0n) is 10.4. The fourth-order valence-corrected chi connectivity index (χ4v) is 1.75. The minimum absolute atomic E-state index is 0.0822. The largest absolute Gasteiger partial charge is 0.493 e. The molecule has 0 aliphatic rings. The van der Waals surface area contributed by atoms with Gasteiger partial charge in [-0.15, -0.1) is 0 Å². The van der Waals surface area contributed by atoms with Gasteiger partial charge in [-0.2, -0.15) is 0 Å². The van der Waals surface area contributed by atoms with Crippen molar-refractivity contribution in [2.45, 2.75) is 6.42 Å². The smallest absolute Gasteiger partial charge is 0.161 e. The number of hydrogen-bond acceptors (Lipinski definition) is 4. The van der Waals surface area contributed by atoms with Crippen molar-refractivity contribution >= 4 is 0 Å². The van der Waals surface area contributed by atoms with E-state index in [0.717, 1.165) is 17.1 Å². The van der Waals surface area contributed by atoms with Gasteiger partial charge in [0.2, 0.25) is 0 Å². The standard InChI is InChI=1S/C13H16N2O3/c1-17-11-4-3-9(7-12(11)18-2)10-8-14-13(15-10)5-6-16/h3-4,7-8,16H,5-6H2,1-2H3,(H,14,15). The second kappa shape index (κ2) is 5.55. The van der Waals surface area contributed by atoms with Crippen molar-refractivity contribution in [1.29, 1.82) is 0 Å². The van der Waals surface area contributed by atoms with Crippen LogP contribution in [-0.4, -0.2) is 35.9 Å². The number of methoxy groups -OCH3 is 2. The van der Waals surface area contributed by atoms with Crippen LogP contribution in [0.4, 0.5) is 0 Å². The summed E-state index contributed by atoms with van der Waals surface area (Å²) in [4.78, 5) is 7.34. The number of H-pyrrole nitrogens is 1. The predicted octanol–water partition coefficient (Wildman–Crippen LogP) is 1.63. The van der Waals surface area contributed by atoms with Gasteiger partial charge in [-0.05, 0) is 18.2 Å². The number of aliphatic hydroxyl groups excluding tert-OH is 1. The van der Waals surface area contributed by atoms with Crippen molar-refractivity contribution in [3.8, 4) is 22.8 Å². The SMILES string of the molecule is COc1ccc(-c2cnc(CCO)[nH]2)cc1OC. The van der Waals surface area contributed by atoms with Crippen LogP contribution in [0.3, 0.4) is 0 Å². The summed E-state index contributed by atoms with van der Waals surface area (Å²) in [6.45, 7) is 0.0822. The third kappa shape index (κ3) is 2.46. The average molecular weight is 248 g/mol. The molecule has 0 aliphatic heterocycles. The van der Waals surface area contributed by atoms with Gasteiger partial charge in [0.05, 0.1) is 32.7 Å². The summed E-state index contributed by atoms with van der Waals surface area (Å²) in [6.07, 6.45) is 2.26. The molecule has 1 aromatic heterocycles. The molecule has 1 heterocycles. The van der Waals surface area contributed by atoms with E-state index in [-0.39, 0.29) is 6.61 Å². The van der Waals surface area contributed by atoms with Gasteiger partial charge in [0.25, 0.3) is 0 Å². The normalized spacial score (nSPS) is 10.4. The Kier molecular flexibility index (Phi) is 3.84. The summed E-state index contributed by atoms with van der Waals surface area (Å²) in [7, 11) is 3.21. The molecular weight excluding hydrogens is 232 g/mol. The van der Waals surface area contributed by atoms with Crippen molar-refractivity contribution < 1.29 is 14.6 Å². The number of aliphatic hydroxyl groups is 1. The second-order valence-corrected chi connectivity index (χ2v) is 3.79. The molecule has 0 spiro atoms. The van der Waals surface area contributed by atoms with E-state index in [9.17, 15) is 0 Å². The topological polar surface area (TPSA) is 67.4 Å². The Morgan fingerprint density at radius 1 is 1.22 bits per heavy atom. The number of rotatable bonds is 5. The van der Waals surface area contributed by atoms with Crippen molar-refractivity contribution in [2.75, 3.05) is 20.8 Å². The van der Waals surface area contributed by atoms with Crippen LogP contribution in [0.25, 0.3) is 11.3 Å². The number of aromatic nitrogens is 2. The summed E-state index contributed by atoms with van der Waals surface area (Å²) in [5.41, 5.74) is 1.85. The molecule has 0 radical (unpaired) electrons. The Morgan fingerprint density at radius 2 is 2.00 bits per heavy atom. The highest BCUT2D eigenvalue weighted by Crippen LogP contribution is 2.31. The van der Waals surface area contributed by atoms with Crippen LogP contribution in [0.5, 0.6) is 11.5 Å². The highest BCUT2D eigenvalue weighted by molar-refractivity contribution is 5.63. The Morgan fingerprint density at radius 3 is 2.67 bits per heavy atom. The molecule has 5 heteroatoms. The molecule has 0 bridgehead atoms. The summed E-state index contributed by atoms with van der Waals surface area (Å²) in [6, 6.07) is 5.66. The molecule has 96 valence electrons. The van der Waals surface area contributed by atoms with Crippen molar-refractivity contribution in [2.24, 2.45) is 0 Å². The summed E-state index contributed by atoms with van der Waals surface area (Å²) < 4.78 is 10.4. The first kappa shape index (κ1) is 12.4. The van der Waals surface area contributed by atoms with E-state index in [0.29, 0.717) is 17.9 Å². The van der Waals surface area contributed by atoms with Crippen molar-refractivity contribution in [1.82, 2.24) is 9.97 Å². The summed E-state index contributed by atoms with van der Waals surface area (Å²) in [5, 5.41) is 8.85. The number of nitrogens with zero attached hydrogens (tertiary/aromatic N) is 1. The van der Waals surface area contributed by atoms with E-state index in [2.05, 4.69) is 9.97 Å². The van der Waals surface area contributed by atoms with Gasteiger partial charge in [0.15, 0.2) is 11.5 Å². The molecule has 0 saturated carbocycles. The number of hydrogen-bond donors (Lipinski definition) is 2. The number of benzene rings is 1. The molecule has 5 nitrogen and oxygen atoms in total. The van der Waals surface area contributed by atoms with E-state index < -0.39 is 0 Å². The first-order valence-corrected chi connectivity index (χ1v) is 5.65. The molecule has 2 rings (SSSR count). The van der Waals surface area contributed by atoms with E-state index >= 15 is 0 Å². The van der Waals surface area contributed by atoms with E-state index in [1.807, 2.05) is 18.2 Å². The summed E-state index contributed by atoms with van der Waals surface area (Å²) in [5.74, 6) is 2.13. The predicted molar refractivity (Wildman–Crippen MR) is 67.9 cm³/mol. The number of ether oxygens (including phenoxy) is 2. The van der Waals surface area contributed by atoms with E-state index in [4.69, 9.17) is 14.6 Å². The molecule has 0 unspecified atom stereocenters. The molecule has 0 saturated heterocycles. The third-order valence-corrected chi connectivity index (χ3v) is 2.67. The van der Waals surface area contributed by atoms with Crippen molar-refractivity contribution in [3.63, 3.8) is 0 Å². The molecule has 0 atom stereocenters. The average Bonchev–Trinajstić information content (AvgIpc) is 2.87. The zero-order valence-corrected chi connectivity index (χ0v) is 10.4. The van der Waals surface area contributed by atoms with Crippen LogP contribution >= 0.6 is 0 Å². The van der Waals surface area contributed by atoms with E-state index in [1.165, 1.54) is 0 Å². The Labute approximate surface area is 105 Å². The molecule has 18 heavy (non-hydrogen) atoms. The van der Waals surface area contributed by atoms with Gasteiger partial charge < -0.3 is 19.6 Å². The fraction of sp³-hybridized carbons (Fsp3) is 0.308. The van der Waals surface area contributed by atoms with Crippen LogP contribution in [-0.2, 0) is 6.42 Å². The maximum atomic E-state index is 8.85. The lowest BCUT2D eigenvalue weighted by Crippen LogP contribution is -1.93. The van der Waals surface area contributed by atoms with Crippen molar-refractivity contribution in [3.05, 3.63) is 30.2 Å². The lowest BCUT2D eigenvalue weighted by atomic mass is 10.1. The van der Waals surface area contributed by atoms with Gasteiger partial charge in [-0.3, -0.25) is 0 Å². The Balaban J connectivity index is 2.31. The minimum Gasteiger partial charge on any atom is -0.493 e. The molecule has 0 aliphatic carbocycles. The van der Waals surface area contributed by atoms with Gasteiger partial charge in [-0.1, -0.05) is 0 Å². The number of imidazole rings is 1. The fourth-order valence-electron chi connectivity index (χ4n) is 1.75. The molecule has 0 amide bonds. The second-order valence-electron chi connectivity index (χ2n) is 3.79. The first-order valence-electron chi connectivity index (χ1n) is 5.65. The number of aromatic amines is 1. The van der Waals surface area contributed by atoms with Gasteiger partial charge in [0.1, 0.15) is 5.82 Å². The van der Waals surface area contributed by atoms with Crippen LogP contribution in [0.1, 0.15) is 5.82 Å². The highest BCUT2D eigenvalue weighted by Gasteiger charge is 2.08. The van der Waals surface area contributed by atoms with Crippen LogP contribution < -0.4 is 9.47 Å². The quantitative estimate of drug-likeness (QED) is 0.844. The molecular formula is C13H16N2O3. The maximum Gasteiger partial charge on any atom is 0.161 e. The van der Waals surface area contributed by atoms with Gasteiger partial charge in [-0.25, -0.2) is 4.98 Å². The molecule has 1 aromatic carbocycles. The molecule has 2 N–H and O–H groups in total. The monoisotopic (exact) mass is 248 g/mol. The highest BCUT2D eigenvalue weighted by atomic mass is 16.5. The lowest BCUT2D eigenvalue weighted by Gasteiger charge is -2.08. The minimum atomic E-state index is 0.0822. The maximum absolute atomic E-state index is 8.85. The van der Waals surface area contributed by atoms with Gasteiger partial charge in [0, 0.05) is 12.0 Å². The number of nitrogens with one attached hydrogen (secondary N) is 1. The van der Waals surface area contributed by atoms with Crippen LogP contribution in [0, 0.1) is 0 Å². The zero-order chi connectivity index (χ0) is 13.0. The third-order valence-electron chi connectivity index (χ3n) is 2.67. The van der Waals surface area contributed by atoms with Crippen LogP contribution in [0.15, 0.2) is 24.4 Å². The van der Waals surface area contributed by atoms with E-state index in [1.54, 1.807) is 20.4 Å². The summed E-state index contributed by atoms with van der Waals surface area (Å²) >= 11 is 0. The lowest BCUT2D eigenvalue weighted by molar-refractivity contribution is 0.297. The molecule has 2 aromatic rings.